The van der Waals surface area contributed by atoms with Gasteiger partial charge in [0.2, 0.25) is 15.9 Å². The van der Waals surface area contributed by atoms with Crippen molar-refractivity contribution in [1.29, 1.82) is 0 Å². The molecule has 1 aromatic heterocycles. The SMILES string of the molecule is CCc1ccc(S(=O)(=O)NCCNC(=O)Cc2cccs2)cc1. The number of hydrogen-bond acceptors (Lipinski definition) is 4. The van der Waals surface area contributed by atoms with Crippen LogP contribution in [-0.2, 0) is 27.7 Å². The molecule has 0 saturated heterocycles. The van der Waals surface area contributed by atoms with Crippen LogP contribution in [-0.4, -0.2) is 27.4 Å². The molecule has 0 unspecified atom stereocenters. The fourth-order valence-corrected chi connectivity index (χ4v) is 3.74. The molecule has 0 bridgehead atoms. The molecule has 7 heteroatoms. The second kappa shape index (κ2) is 8.24. The van der Waals surface area contributed by atoms with E-state index in [-0.39, 0.29) is 23.9 Å². The third-order valence-electron chi connectivity index (χ3n) is 3.30. The van der Waals surface area contributed by atoms with E-state index in [4.69, 9.17) is 0 Å². The first kappa shape index (κ1) is 17.7. The van der Waals surface area contributed by atoms with Gasteiger partial charge in [-0.05, 0) is 35.6 Å². The van der Waals surface area contributed by atoms with Gasteiger partial charge in [-0.3, -0.25) is 4.79 Å². The molecule has 1 aromatic carbocycles. The van der Waals surface area contributed by atoms with Gasteiger partial charge in [0.25, 0.3) is 0 Å². The molecule has 0 spiro atoms. The van der Waals surface area contributed by atoms with Crippen molar-refractivity contribution in [3.05, 3.63) is 52.2 Å². The molecule has 23 heavy (non-hydrogen) atoms. The molecule has 5 nitrogen and oxygen atoms in total. The Kier molecular flexibility index (Phi) is 6.32. The summed E-state index contributed by atoms with van der Waals surface area (Å²) in [6.07, 6.45) is 1.19. The van der Waals surface area contributed by atoms with Crippen LogP contribution in [0.25, 0.3) is 0 Å². The van der Waals surface area contributed by atoms with Crippen molar-refractivity contribution in [2.24, 2.45) is 0 Å². The van der Waals surface area contributed by atoms with Gasteiger partial charge in [0.1, 0.15) is 0 Å². The standard InChI is InChI=1S/C16H20N2O3S2/c1-2-13-5-7-15(8-6-13)23(20,21)18-10-9-17-16(19)12-14-4-3-11-22-14/h3-8,11,18H,2,9-10,12H2,1H3,(H,17,19). The van der Waals surface area contributed by atoms with Gasteiger partial charge in [0.15, 0.2) is 0 Å². The number of nitrogens with one attached hydrogen (secondary N) is 2. The molecular formula is C16H20N2O3S2. The van der Waals surface area contributed by atoms with Crippen molar-refractivity contribution in [1.82, 2.24) is 10.0 Å². The van der Waals surface area contributed by atoms with E-state index >= 15 is 0 Å². The first-order valence-corrected chi connectivity index (χ1v) is 9.75. The third-order valence-corrected chi connectivity index (χ3v) is 5.65. The van der Waals surface area contributed by atoms with Gasteiger partial charge in [0, 0.05) is 18.0 Å². The van der Waals surface area contributed by atoms with Gasteiger partial charge in [-0.15, -0.1) is 11.3 Å². The predicted octanol–water partition coefficient (Wildman–Crippen LogP) is 1.95. The summed E-state index contributed by atoms with van der Waals surface area (Å²) in [5.74, 6) is -0.112. The van der Waals surface area contributed by atoms with Gasteiger partial charge in [0.05, 0.1) is 11.3 Å². The van der Waals surface area contributed by atoms with E-state index in [9.17, 15) is 13.2 Å². The lowest BCUT2D eigenvalue weighted by Crippen LogP contribution is -2.35. The van der Waals surface area contributed by atoms with Crippen molar-refractivity contribution in [3.63, 3.8) is 0 Å². The summed E-state index contributed by atoms with van der Waals surface area (Å²) in [4.78, 5) is 12.9. The van der Waals surface area contributed by atoms with E-state index in [1.54, 1.807) is 24.3 Å². The molecule has 2 rings (SSSR count). The number of carbonyl (C=O) groups is 1. The van der Waals surface area contributed by atoms with Crippen LogP contribution in [0.5, 0.6) is 0 Å². The van der Waals surface area contributed by atoms with Crippen LogP contribution in [0.3, 0.4) is 0 Å². The lowest BCUT2D eigenvalue weighted by molar-refractivity contribution is -0.120. The van der Waals surface area contributed by atoms with E-state index in [1.807, 2.05) is 24.4 Å². The van der Waals surface area contributed by atoms with Gasteiger partial charge >= 0.3 is 0 Å². The van der Waals surface area contributed by atoms with Crippen LogP contribution in [0.1, 0.15) is 17.4 Å². The molecule has 1 heterocycles. The quantitative estimate of drug-likeness (QED) is 0.713. The van der Waals surface area contributed by atoms with E-state index in [0.717, 1.165) is 16.9 Å². The Hall–Kier alpha value is -1.70. The average Bonchev–Trinajstić information content (AvgIpc) is 3.04. The van der Waals surface area contributed by atoms with Crippen LogP contribution in [0, 0.1) is 0 Å². The van der Waals surface area contributed by atoms with E-state index in [0.29, 0.717) is 6.42 Å². The normalized spacial score (nSPS) is 11.3. The highest BCUT2D eigenvalue weighted by Crippen LogP contribution is 2.11. The molecule has 0 aliphatic heterocycles. The summed E-state index contributed by atoms with van der Waals surface area (Å²) in [5, 5.41) is 4.62. The molecule has 0 saturated carbocycles. The molecule has 2 N–H and O–H groups in total. The summed E-state index contributed by atoms with van der Waals surface area (Å²) in [6.45, 7) is 2.44. The van der Waals surface area contributed by atoms with Crippen molar-refractivity contribution in [3.8, 4) is 0 Å². The van der Waals surface area contributed by atoms with Gasteiger partial charge in [-0.25, -0.2) is 13.1 Å². The Morgan fingerprint density at radius 1 is 1.13 bits per heavy atom. The largest absolute Gasteiger partial charge is 0.354 e. The predicted molar refractivity (Wildman–Crippen MR) is 92.0 cm³/mol. The number of amides is 1. The zero-order chi connectivity index (χ0) is 16.7. The van der Waals surface area contributed by atoms with Crippen molar-refractivity contribution in [2.45, 2.75) is 24.7 Å². The Bertz CT molecular complexity index is 723. The summed E-state index contributed by atoms with van der Waals surface area (Å²) >= 11 is 1.52. The van der Waals surface area contributed by atoms with E-state index in [1.165, 1.54) is 11.3 Å². The number of sulfonamides is 1. The molecule has 2 aromatic rings. The number of carbonyl (C=O) groups excluding carboxylic acids is 1. The maximum Gasteiger partial charge on any atom is 0.240 e. The number of aryl methyl sites for hydroxylation is 1. The highest BCUT2D eigenvalue weighted by atomic mass is 32.2. The second-order valence-electron chi connectivity index (χ2n) is 5.00. The highest BCUT2D eigenvalue weighted by Gasteiger charge is 2.13. The van der Waals surface area contributed by atoms with Crippen LogP contribution in [0.4, 0.5) is 0 Å². The van der Waals surface area contributed by atoms with Crippen molar-refractivity contribution >= 4 is 27.3 Å². The number of benzene rings is 1. The zero-order valence-corrected chi connectivity index (χ0v) is 14.5. The van der Waals surface area contributed by atoms with E-state index in [2.05, 4.69) is 10.0 Å². The summed E-state index contributed by atoms with van der Waals surface area (Å²) in [6, 6.07) is 10.6. The first-order chi connectivity index (χ1) is 11.0. The Balaban J connectivity index is 1.77. The molecule has 0 aliphatic carbocycles. The van der Waals surface area contributed by atoms with Crippen molar-refractivity contribution < 1.29 is 13.2 Å². The highest BCUT2D eigenvalue weighted by molar-refractivity contribution is 7.89. The zero-order valence-electron chi connectivity index (χ0n) is 12.9. The van der Waals surface area contributed by atoms with Crippen molar-refractivity contribution in [2.75, 3.05) is 13.1 Å². The molecular weight excluding hydrogens is 332 g/mol. The molecule has 0 aliphatic rings. The molecule has 1 amide bonds. The Morgan fingerprint density at radius 2 is 1.87 bits per heavy atom. The smallest absolute Gasteiger partial charge is 0.240 e. The Morgan fingerprint density at radius 3 is 2.48 bits per heavy atom. The van der Waals surface area contributed by atoms with Gasteiger partial charge in [-0.1, -0.05) is 25.1 Å². The number of hydrogen-bond donors (Lipinski definition) is 2. The minimum atomic E-state index is -3.53. The second-order valence-corrected chi connectivity index (χ2v) is 7.80. The van der Waals surface area contributed by atoms with Gasteiger partial charge in [-0.2, -0.15) is 0 Å². The fraction of sp³-hybridized carbons (Fsp3) is 0.312. The topological polar surface area (TPSA) is 75.3 Å². The summed E-state index contributed by atoms with van der Waals surface area (Å²) in [5.41, 5.74) is 1.09. The van der Waals surface area contributed by atoms with Crippen LogP contribution < -0.4 is 10.0 Å². The van der Waals surface area contributed by atoms with Crippen LogP contribution in [0.2, 0.25) is 0 Å². The number of rotatable bonds is 8. The monoisotopic (exact) mass is 352 g/mol. The third kappa shape index (κ3) is 5.46. The Labute approximate surface area is 140 Å². The average molecular weight is 352 g/mol. The van der Waals surface area contributed by atoms with Gasteiger partial charge < -0.3 is 5.32 Å². The summed E-state index contributed by atoms with van der Waals surface area (Å²) in [7, 11) is -3.53. The van der Waals surface area contributed by atoms with E-state index < -0.39 is 10.0 Å². The number of thiophene rings is 1. The lowest BCUT2D eigenvalue weighted by atomic mass is 10.2. The minimum Gasteiger partial charge on any atom is -0.354 e. The maximum atomic E-state index is 12.1. The summed E-state index contributed by atoms with van der Waals surface area (Å²) < 4.78 is 26.7. The minimum absolute atomic E-state index is 0.112. The maximum absolute atomic E-state index is 12.1. The molecule has 124 valence electrons. The first-order valence-electron chi connectivity index (χ1n) is 7.39. The van der Waals surface area contributed by atoms with Crippen LogP contribution >= 0.6 is 11.3 Å². The van der Waals surface area contributed by atoms with Crippen LogP contribution in [0.15, 0.2) is 46.7 Å². The molecule has 0 fully saturated rings. The fourth-order valence-electron chi connectivity index (χ4n) is 2.01. The molecule has 0 atom stereocenters. The lowest BCUT2D eigenvalue weighted by Gasteiger charge is -2.08. The molecule has 0 radical (unpaired) electrons.